The standard InChI is InChI=1S/C13H14BI/c1-2-15-9-8-12(13(14)10-15)11-6-4-3-5-7-11/h3-9H,2,10H2,1H3. The quantitative estimate of drug-likeness (QED) is 0.445. The normalized spacial score (nSPS) is 18.3. The van der Waals surface area contributed by atoms with E-state index in [1.807, 2.05) is 6.07 Å². The molecule has 1 aliphatic rings. The summed E-state index contributed by atoms with van der Waals surface area (Å²) in [5.41, 5.74) is 3.58. The fraction of sp³-hybridized carbons (Fsp3) is 0.231. The molecule has 1 aromatic rings. The Morgan fingerprint density at radius 1 is 1.27 bits per heavy atom. The minimum atomic E-state index is -0.856. The Morgan fingerprint density at radius 3 is 2.60 bits per heavy atom. The molecule has 2 rings (SSSR count). The van der Waals surface area contributed by atoms with E-state index in [-0.39, 0.29) is 0 Å². The first-order valence-electron chi connectivity index (χ1n) is 5.13. The monoisotopic (exact) mass is 308 g/mol. The zero-order valence-corrected chi connectivity index (χ0v) is 11.1. The minimum absolute atomic E-state index is 0.856. The van der Waals surface area contributed by atoms with Crippen molar-refractivity contribution < 1.29 is 0 Å². The molecule has 0 aliphatic carbocycles. The van der Waals surface area contributed by atoms with Gasteiger partial charge in [-0.2, -0.15) is 0 Å². The van der Waals surface area contributed by atoms with Crippen molar-refractivity contribution in [2.24, 2.45) is 0 Å². The summed E-state index contributed by atoms with van der Waals surface area (Å²) in [6.07, 6.45) is 2.24. The van der Waals surface area contributed by atoms with Crippen LogP contribution in [0.2, 0.25) is 0 Å². The summed E-state index contributed by atoms with van der Waals surface area (Å²) in [4.78, 5) is 0. The topological polar surface area (TPSA) is 0 Å². The van der Waals surface area contributed by atoms with Gasteiger partial charge in [0.1, 0.15) is 0 Å². The third-order valence-corrected chi connectivity index (χ3v) is 7.64. The van der Waals surface area contributed by atoms with Crippen molar-refractivity contribution in [2.45, 2.75) is 6.92 Å². The van der Waals surface area contributed by atoms with Gasteiger partial charge >= 0.3 is 101 Å². The molecule has 0 bridgehead atoms. The summed E-state index contributed by atoms with van der Waals surface area (Å²) in [5, 5.41) is 0. The van der Waals surface area contributed by atoms with E-state index in [1.165, 1.54) is 15.6 Å². The molecule has 1 aliphatic heterocycles. The van der Waals surface area contributed by atoms with Crippen LogP contribution < -0.4 is 0 Å². The molecule has 0 saturated carbocycles. The molecule has 0 nitrogen and oxygen atoms in total. The molecule has 0 spiro atoms. The molecule has 76 valence electrons. The molecule has 0 unspecified atom stereocenters. The summed E-state index contributed by atoms with van der Waals surface area (Å²) in [6, 6.07) is 10.4. The average molecular weight is 308 g/mol. The maximum atomic E-state index is 6.14. The second-order valence-corrected chi connectivity index (χ2v) is 9.34. The molecule has 0 fully saturated rings. The van der Waals surface area contributed by atoms with Gasteiger partial charge in [0.25, 0.3) is 0 Å². The van der Waals surface area contributed by atoms with Gasteiger partial charge in [-0.25, -0.2) is 0 Å². The van der Waals surface area contributed by atoms with Crippen LogP contribution in [-0.4, -0.2) is 16.7 Å². The molecular formula is C13H14BI. The van der Waals surface area contributed by atoms with Crippen LogP contribution in [0, 0.1) is 0 Å². The number of benzene rings is 1. The molecule has 0 atom stereocenters. The SMILES string of the molecule is [B]C1=C(c2ccccc2)C=CI(CC)C1. The van der Waals surface area contributed by atoms with Crippen LogP contribution in [0.25, 0.3) is 5.57 Å². The molecule has 1 heterocycles. The number of allylic oxidation sites excluding steroid dienone is 3. The number of alkyl halides is 2. The van der Waals surface area contributed by atoms with Gasteiger partial charge in [-0.1, -0.05) is 0 Å². The molecular weight excluding hydrogens is 294 g/mol. The van der Waals surface area contributed by atoms with Gasteiger partial charge in [0, 0.05) is 0 Å². The molecule has 0 N–H and O–H groups in total. The number of rotatable bonds is 2. The Hall–Kier alpha value is -0.505. The van der Waals surface area contributed by atoms with E-state index in [1.54, 1.807) is 0 Å². The second kappa shape index (κ2) is 5.02. The third kappa shape index (κ3) is 2.54. The third-order valence-electron chi connectivity index (χ3n) is 2.50. The van der Waals surface area contributed by atoms with Crippen LogP contribution in [-0.2, 0) is 0 Å². The Kier molecular flexibility index (Phi) is 3.68. The van der Waals surface area contributed by atoms with E-state index < -0.39 is 19.8 Å². The molecule has 2 radical (unpaired) electrons. The average Bonchev–Trinajstić information content (AvgIpc) is 2.30. The molecule has 0 aromatic heterocycles. The predicted octanol–water partition coefficient (Wildman–Crippen LogP) is 3.62. The van der Waals surface area contributed by atoms with Crippen molar-refractivity contribution in [1.82, 2.24) is 0 Å². The summed E-state index contributed by atoms with van der Waals surface area (Å²) in [6.45, 7) is 2.27. The van der Waals surface area contributed by atoms with Crippen molar-refractivity contribution in [3.63, 3.8) is 0 Å². The van der Waals surface area contributed by atoms with Crippen molar-refractivity contribution in [2.75, 3.05) is 8.86 Å². The molecule has 15 heavy (non-hydrogen) atoms. The molecule has 1 aromatic carbocycles. The zero-order chi connectivity index (χ0) is 10.7. The first-order valence-corrected chi connectivity index (χ1v) is 9.43. The predicted molar refractivity (Wildman–Crippen MR) is 77.7 cm³/mol. The first-order chi connectivity index (χ1) is 7.31. The summed E-state index contributed by atoms with van der Waals surface area (Å²) in [7, 11) is 6.14. The Bertz CT molecular complexity index is 392. The zero-order valence-electron chi connectivity index (χ0n) is 8.91. The van der Waals surface area contributed by atoms with E-state index in [0.29, 0.717) is 0 Å². The van der Waals surface area contributed by atoms with Gasteiger partial charge < -0.3 is 0 Å². The Labute approximate surface area is 100 Å². The number of hydrogen-bond donors (Lipinski definition) is 0. The van der Waals surface area contributed by atoms with Crippen LogP contribution in [0.5, 0.6) is 0 Å². The van der Waals surface area contributed by atoms with Crippen LogP contribution in [0.1, 0.15) is 12.5 Å². The van der Waals surface area contributed by atoms with E-state index in [2.05, 4.69) is 41.3 Å². The van der Waals surface area contributed by atoms with Crippen LogP contribution in [0.15, 0.2) is 46.0 Å². The molecule has 2 heteroatoms. The van der Waals surface area contributed by atoms with Crippen LogP contribution in [0.3, 0.4) is 0 Å². The van der Waals surface area contributed by atoms with E-state index >= 15 is 0 Å². The molecule has 0 amide bonds. The van der Waals surface area contributed by atoms with Gasteiger partial charge in [0.15, 0.2) is 0 Å². The van der Waals surface area contributed by atoms with Crippen molar-refractivity contribution in [3.8, 4) is 0 Å². The van der Waals surface area contributed by atoms with Crippen LogP contribution >= 0.6 is 19.8 Å². The van der Waals surface area contributed by atoms with E-state index in [4.69, 9.17) is 7.85 Å². The summed E-state index contributed by atoms with van der Waals surface area (Å²) in [5.74, 6) is 0. The summed E-state index contributed by atoms with van der Waals surface area (Å²) >= 11 is -0.856. The summed E-state index contributed by atoms with van der Waals surface area (Å²) < 4.78 is 4.91. The van der Waals surface area contributed by atoms with Crippen molar-refractivity contribution >= 4 is 33.2 Å². The Morgan fingerprint density at radius 2 is 2.00 bits per heavy atom. The van der Waals surface area contributed by atoms with E-state index in [0.717, 1.165) is 9.90 Å². The van der Waals surface area contributed by atoms with Gasteiger partial charge in [0.05, 0.1) is 0 Å². The van der Waals surface area contributed by atoms with Gasteiger partial charge in [0.2, 0.25) is 0 Å². The number of halogens is 1. The van der Waals surface area contributed by atoms with Gasteiger partial charge in [-0.3, -0.25) is 0 Å². The second-order valence-electron chi connectivity index (χ2n) is 3.50. The van der Waals surface area contributed by atoms with Crippen molar-refractivity contribution in [3.05, 3.63) is 51.5 Å². The fourth-order valence-corrected chi connectivity index (χ4v) is 5.28. The van der Waals surface area contributed by atoms with E-state index in [9.17, 15) is 0 Å². The van der Waals surface area contributed by atoms with Crippen molar-refractivity contribution in [1.29, 1.82) is 0 Å². The first kappa shape index (κ1) is 11.0. The molecule has 0 saturated heterocycles. The van der Waals surface area contributed by atoms with Gasteiger partial charge in [-0.15, -0.1) is 0 Å². The maximum absolute atomic E-state index is 6.14. The Balaban J connectivity index is 2.29. The van der Waals surface area contributed by atoms with Crippen LogP contribution in [0.4, 0.5) is 0 Å². The van der Waals surface area contributed by atoms with Gasteiger partial charge in [-0.05, 0) is 0 Å². The fourth-order valence-electron chi connectivity index (χ4n) is 1.64. The number of hydrogen-bond acceptors (Lipinski definition) is 0.